The van der Waals surface area contributed by atoms with Crippen LogP contribution in [0, 0.1) is 0 Å². The molecule has 1 aliphatic heterocycles. The number of amides is 1. The molecule has 5 nitrogen and oxygen atoms in total. The van der Waals surface area contributed by atoms with Crippen LogP contribution in [0.1, 0.15) is 22.6 Å². The van der Waals surface area contributed by atoms with Gasteiger partial charge in [0.25, 0.3) is 5.91 Å². The predicted molar refractivity (Wildman–Crippen MR) is 129 cm³/mol. The maximum atomic E-state index is 13.5. The second-order valence-electron chi connectivity index (χ2n) is 7.96. The SMILES string of the molecule is COc1cccc(C2C(C(=O)NCc3ccccc3)=C(N)Oc3ccc4ccccc4c32)c1. The van der Waals surface area contributed by atoms with Crippen LogP contribution >= 0.6 is 0 Å². The molecule has 164 valence electrons. The van der Waals surface area contributed by atoms with Gasteiger partial charge in [-0.1, -0.05) is 72.8 Å². The largest absolute Gasteiger partial charge is 0.497 e. The summed E-state index contributed by atoms with van der Waals surface area (Å²) in [6.07, 6.45) is 0. The zero-order valence-corrected chi connectivity index (χ0v) is 18.2. The molecule has 1 amide bonds. The first kappa shape index (κ1) is 20.6. The molecular formula is C28H24N2O3. The van der Waals surface area contributed by atoms with E-state index in [-0.39, 0.29) is 11.8 Å². The van der Waals surface area contributed by atoms with E-state index in [1.54, 1.807) is 7.11 Å². The fourth-order valence-electron chi connectivity index (χ4n) is 4.39. The molecule has 0 fully saturated rings. The number of nitrogens with two attached hydrogens (primary N) is 1. The van der Waals surface area contributed by atoms with Crippen molar-refractivity contribution in [3.8, 4) is 11.5 Å². The molecule has 0 saturated heterocycles. The number of carbonyl (C=O) groups is 1. The summed E-state index contributed by atoms with van der Waals surface area (Å²) in [7, 11) is 1.63. The van der Waals surface area contributed by atoms with Crippen molar-refractivity contribution in [2.45, 2.75) is 12.5 Å². The van der Waals surface area contributed by atoms with E-state index >= 15 is 0 Å². The number of fused-ring (bicyclic) bond motifs is 3. The number of methoxy groups -OCH3 is 1. The van der Waals surface area contributed by atoms with E-state index in [2.05, 4.69) is 11.4 Å². The quantitative estimate of drug-likeness (QED) is 0.469. The Morgan fingerprint density at radius 3 is 2.58 bits per heavy atom. The summed E-state index contributed by atoms with van der Waals surface area (Å²) < 4.78 is 11.5. The molecule has 1 unspecified atom stereocenters. The van der Waals surface area contributed by atoms with Crippen LogP contribution in [0.3, 0.4) is 0 Å². The molecule has 1 aliphatic rings. The standard InChI is InChI=1S/C28H24N2O3/c1-32-21-12-7-11-20(16-21)24-25-22-13-6-5-10-19(22)14-15-23(25)33-27(29)26(24)28(31)30-17-18-8-3-2-4-9-18/h2-16,24H,17,29H2,1H3,(H,30,31). The topological polar surface area (TPSA) is 73.6 Å². The maximum absolute atomic E-state index is 13.5. The van der Waals surface area contributed by atoms with Crippen molar-refractivity contribution < 1.29 is 14.3 Å². The summed E-state index contributed by atoms with van der Waals surface area (Å²) in [5.41, 5.74) is 9.59. The second kappa shape index (κ2) is 8.71. The second-order valence-corrected chi connectivity index (χ2v) is 7.96. The number of benzene rings is 4. The highest BCUT2D eigenvalue weighted by molar-refractivity contribution is 5.99. The van der Waals surface area contributed by atoms with Crippen LogP contribution in [-0.4, -0.2) is 13.0 Å². The number of ether oxygens (including phenoxy) is 2. The van der Waals surface area contributed by atoms with Gasteiger partial charge in [0.05, 0.1) is 12.7 Å². The van der Waals surface area contributed by atoms with E-state index in [1.165, 1.54) is 0 Å². The zero-order valence-electron chi connectivity index (χ0n) is 18.2. The Balaban J connectivity index is 1.64. The molecule has 0 aliphatic carbocycles. The van der Waals surface area contributed by atoms with Crippen LogP contribution in [0.15, 0.2) is 102 Å². The van der Waals surface area contributed by atoms with Gasteiger partial charge in [0.2, 0.25) is 5.88 Å². The number of nitrogens with one attached hydrogen (secondary N) is 1. The lowest BCUT2D eigenvalue weighted by Gasteiger charge is -2.30. The molecule has 4 aromatic rings. The van der Waals surface area contributed by atoms with E-state index in [4.69, 9.17) is 15.2 Å². The van der Waals surface area contributed by atoms with Gasteiger partial charge in [-0.2, -0.15) is 0 Å². The summed E-state index contributed by atoms with van der Waals surface area (Å²) >= 11 is 0. The average Bonchev–Trinajstić information content (AvgIpc) is 2.87. The zero-order chi connectivity index (χ0) is 22.8. The molecule has 33 heavy (non-hydrogen) atoms. The molecule has 5 rings (SSSR count). The molecule has 0 spiro atoms. The third kappa shape index (κ3) is 3.89. The molecule has 5 heteroatoms. The smallest absolute Gasteiger partial charge is 0.253 e. The third-order valence-electron chi connectivity index (χ3n) is 5.96. The minimum absolute atomic E-state index is 0.108. The number of hydrogen-bond donors (Lipinski definition) is 2. The van der Waals surface area contributed by atoms with Crippen molar-refractivity contribution in [2.24, 2.45) is 5.73 Å². The van der Waals surface area contributed by atoms with Crippen LogP contribution < -0.4 is 20.5 Å². The van der Waals surface area contributed by atoms with Crippen molar-refractivity contribution in [1.29, 1.82) is 0 Å². The minimum atomic E-state index is -0.411. The lowest BCUT2D eigenvalue weighted by atomic mass is 9.80. The van der Waals surface area contributed by atoms with Crippen LogP contribution in [-0.2, 0) is 11.3 Å². The molecule has 3 N–H and O–H groups in total. The van der Waals surface area contributed by atoms with E-state index in [1.807, 2.05) is 84.9 Å². The van der Waals surface area contributed by atoms with E-state index in [0.29, 0.717) is 23.6 Å². The summed E-state index contributed by atoms with van der Waals surface area (Å²) in [6.45, 7) is 0.393. The van der Waals surface area contributed by atoms with E-state index in [9.17, 15) is 4.79 Å². The lowest BCUT2D eigenvalue weighted by Crippen LogP contribution is -2.33. The van der Waals surface area contributed by atoms with Gasteiger partial charge < -0.3 is 20.5 Å². The van der Waals surface area contributed by atoms with Crippen LogP contribution in [0.4, 0.5) is 0 Å². The van der Waals surface area contributed by atoms with Crippen molar-refractivity contribution in [3.05, 3.63) is 119 Å². The summed E-state index contributed by atoms with van der Waals surface area (Å²) in [4.78, 5) is 13.5. The number of hydrogen-bond acceptors (Lipinski definition) is 4. The molecule has 1 atom stereocenters. The fraction of sp³-hybridized carbons (Fsp3) is 0.107. The summed E-state index contributed by atoms with van der Waals surface area (Å²) in [5, 5.41) is 5.10. The Labute approximate surface area is 192 Å². The molecule has 4 aromatic carbocycles. The van der Waals surface area contributed by atoms with Crippen molar-refractivity contribution in [1.82, 2.24) is 5.32 Å². The molecule has 0 bridgehead atoms. The molecule has 1 heterocycles. The lowest BCUT2D eigenvalue weighted by molar-refractivity contribution is -0.118. The molecule has 0 radical (unpaired) electrons. The summed E-state index contributed by atoms with van der Waals surface area (Å²) in [6, 6.07) is 29.5. The Bertz CT molecular complexity index is 1360. The highest BCUT2D eigenvalue weighted by atomic mass is 16.5. The minimum Gasteiger partial charge on any atom is -0.497 e. The monoisotopic (exact) mass is 436 g/mol. The van der Waals surface area contributed by atoms with E-state index < -0.39 is 5.92 Å². The van der Waals surface area contributed by atoms with Gasteiger partial charge in [-0.3, -0.25) is 4.79 Å². The Morgan fingerprint density at radius 1 is 0.970 bits per heavy atom. The Kier molecular flexibility index (Phi) is 5.45. The maximum Gasteiger partial charge on any atom is 0.253 e. The molecule has 0 aromatic heterocycles. The number of carbonyl (C=O) groups excluding carboxylic acids is 1. The van der Waals surface area contributed by atoms with Gasteiger partial charge in [-0.15, -0.1) is 0 Å². The van der Waals surface area contributed by atoms with Gasteiger partial charge in [-0.25, -0.2) is 0 Å². The van der Waals surface area contributed by atoms with Crippen molar-refractivity contribution >= 4 is 16.7 Å². The molecular weight excluding hydrogens is 412 g/mol. The van der Waals surface area contributed by atoms with Crippen LogP contribution in [0.5, 0.6) is 11.5 Å². The first-order valence-corrected chi connectivity index (χ1v) is 10.8. The predicted octanol–water partition coefficient (Wildman–Crippen LogP) is 4.86. The van der Waals surface area contributed by atoms with Crippen molar-refractivity contribution in [2.75, 3.05) is 7.11 Å². The summed E-state index contributed by atoms with van der Waals surface area (Å²) in [5.74, 6) is 0.798. The fourth-order valence-corrected chi connectivity index (χ4v) is 4.39. The van der Waals surface area contributed by atoms with Gasteiger partial charge >= 0.3 is 0 Å². The van der Waals surface area contributed by atoms with Gasteiger partial charge in [0.15, 0.2) is 0 Å². The van der Waals surface area contributed by atoms with Gasteiger partial charge in [0, 0.05) is 18.0 Å². The van der Waals surface area contributed by atoms with Crippen LogP contribution in [0.2, 0.25) is 0 Å². The van der Waals surface area contributed by atoms with Gasteiger partial charge in [-0.05, 0) is 40.1 Å². The normalized spacial score (nSPS) is 15.0. The average molecular weight is 437 g/mol. The third-order valence-corrected chi connectivity index (χ3v) is 5.96. The van der Waals surface area contributed by atoms with Crippen molar-refractivity contribution in [3.63, 3.8) is 0 Å². The Hall–Kier alpha value is -4.25. The van der Waals surface area contributed by atoms with Crippen LogP contribution in [0.25, 0.3) is 10.8 Å². The highest BCUT2D eigenvalue weighted by Crippen LogP contribution is 2.46. The van der Waals surface area contributed by atoms with Gasteiger partial charge in [0.1, 0.15) is 11.5 Å². The first-order valence-electron chi connectivity index (χ1n) is 10.8. The van der Waals surface area contributed by atoms with E-state index in [0.717, 1.165) is 27.5 Å². The first-order chi connectivity index (χ1) is 16.2. The Morgan fingerprint density at radius 2 is 1.76 bits per heavy atom. The highest BCUT2D eigenvalue weighted by Gasteiger charge is 2.36. The molecule has 0 saturated carbocycles. The number of rotatable bonds is 5.